The monoisotopic (exact) mass is 453 g/mol. The van der Waals surface area contributed by atoms with Gasteiger partial charge in [-0.25, -0.2) is 12.8 Å². The zero-order valence-electron chi connectivity index (χ0n) is 17.0. The van der Waals surface area contributed by atoms with Crippen molar-refractivity contribution in [2.45, 2.75) is 19.4 Å². The van der Waals surface area contributed by atoms with Crippen LogP contribution in [0.4, 0.5) is 15.8 Å². The highest BCUT2D eigenvalue weighted by atomic mass is 35.5. The average Bonchev–Trinajstić information content (AvgIpc) is 2.71. The van der Waals surface area contributed by atoms with Gasteiger partial charge in [-0.3, -0.25) is 9.10 Å². The quantitative estimate of drug-likeness (QED) is 0.672. The van der Waals surface area contributed by atoms with Crippen molar-refractivity contribution in [2.24, 2.45) is 0 Å². The molecule has 0 saturated carbocycles. The highest BCUT2D eigenvalue weighted by molar-refractivity contribution is 7.92. The van der Waals surface area contributed by atoms with Crippen LogP contribution < -0.4 is 9.21 Å². The fraction of sp³-hybridized carbons (Fsp3) is 0.381. The van der Waals surface area contributed by atoms with Crippen LogP contribution in [0.3, 0.4) is 0 Å². The Labute approximate surface area is 181 Å². The third kappa shape index (κ3) is 4.87. The molecule has 0 aliphatic carbocycles. The molecule has 2 aromatic carbocycles. The molecule has 30 heavy (non-hydrogen) atoms. The van der Waals surface area contributed by atoms with Gasteiger partial charge in [0.25, 0.3) is 0 Å². The number of piperazine rings is 1. The summed E-state index contributed by atoms with van der Waals surface area (Å²) >= 11 is 6.05. The molecule has 0 unspecified atom stereocenters. The minimum Gasteiger partial charge on any atom is -0.366 e. The number of carbonyl (C=O) groups is 1. The topological polar surface area (TPSA) is 60.9 Å². The largest absolute Gasteiger partial charge is 0.366 e. The van der Waals surface area contributed by atoms with E-state index in [2.05, 4.69) is 0 Å². The summed E-state index contributed by atoms with van der Waals surface area (Å²) in [5.74, 6) is -0.566. The molecule has 1 heterocycles. The average molecular weight is 454 g/mol. The minimum atomic E-state index is -3.72. The van der Waals surface area contributed by atoms with Gasteiger partial charge in [0.2, 0.25) is 15.9 Å². The number of sulfonamides is 1. The Morgan fingerprint density at radius 2 is 1.80 bits per heavy atom. The fourth-order valence-corrected chi connectivity index (χ4v) is 5.13. The number of amides is 1. The van der Waals surface area contributed by atoms with Crippen molar-refractivity contribution in [3.63, 3.8) is 0 Å². The van der Waals surface area contributed by atoms with Crippen LogP contribution in [-0.4, -0.2) is 57.7 Å². The molecule has 1 atom stereocenters. The fourth-order valence-electron chi connectivity index (χ4n) is 3.74. The van der Waals surface area contributed by atoms with E-state index < -0.39 is 16.1 Å². The number of para-hydroxylation sites is 1. The second kappa shape index (κ2) is 9.22. The molecule has 1 aliphatic rings. The standard InChI is InChI=1S/C21H25ClFN3O3S/c1-3-19(26(30(2,28)29)17-8-6-7-16(22)15-17)21(27)25-13-11-24(12-14-25)20-10-5-4-9-18(20)23/h4-10,15,19H,3,11-14H2,1-2H3/t19-/m1/s1. The van der Waals surface area contributed by atoms with Gasteiger partial charge in [-0.2, -0.15) is 0 Å². The van der Waals surface area contributed by atoms with E-state index in [4.69, 9.17) is 11.6 Å². The van der Waals surface area contributed by atoms with Crippen molar-refractivity contribution in [3.05, 3.63) is 59.4 Å². The number of anilines is 2. The molecule has 6 nitrogen and oxygen atoms in total. The molecule has 1 aliphatic heterocycles. The van der Waals surface area contributed by atoms with Crippen LogP contribution in [0.2, 0.25) is 5.02 Å². The van der Waals surface area contributed by atoms with Gasteiger partial charge in [-0.15, -0.1) is 0 Å². The summed E-state index contributed by atoms with van der Waals surface area (Å²) in [6.07, 6.45) is 1.39. The molecule has 0 spiro atoms. The number of rotatable bonds is 6. The highest BCUT2D eigenvalue weighted by Crippen LogP contribution is 2.27. The first-order valence-corrected chi connectivity index (χ1v) is 12.0. The SMILES string of the molecule is CC[C@H](C(=O)N1CCN(c2ccccc2F)CC1)N(c1cccc(Cl)c1)S(C)(=O)=O. The molecular weight excluding hydrogens is 429 g/mol. The lowest BCUT2D eigenvalue weighted by molar-refractivity contribution is -0.132. The van der Waals surface area contributed by atoms with E-state index in [0.29, 0.717) is 49.0 Å². The number of hydrogen-bond donors (Lipinski definition) is 0. The normalized spacial score (nSPS) is 15.7. The molecule has 9 heteroatoms. The molecule has 0 bridgehead atoms. The summed E-state index contributed by atoms with van der Waals surface area (Å²) in [6.45, 7) is 3.49. The maximum atomic E-state index is 14.1. The van der Waals surface area contributed by atoms with E-state index in [9.17, 15) is 17.6 Å². The van der Waals surface area contributed by atoms with Gasteiger partial charge in [-0.1, -0.05) is 36.7 Å². The smallest absolute Gasteiger partial charge is 0.246 e. The van der Waals surface area contributed by atoms with E-state index in [1.54, 1.807) is 48.2 Å². The number of hydrogen-bond acceptors (Lipinski definition) is 4. The Bertz CT molecular complexity index is 1010. The Hall–Kier alpha value is -2.32. The molecule has 162 valence electrons. The Balaban J connectivity index is 1.79. The van der Waals surface area contributed by atoms with Crippen molar-refractivity contribution < 1.29 is 17.6 Å². The molecule has 3 rings (SSSR count). The summed E-state index contributed by atoms with van der Waals surface area (Å²) in [6, 6.07) is 12.1. The zero-order chi connectivity index (χ0) is 21.9. The van der Waals surface area contributed by atoms with Gasteiger partial charge >= 0.3 is 0 Å². The lowest BCUT2D eigenvalue weighted by Gasteiger charge is -2.39. The van der Waals surface area contributed by atoms with Crippen LogP contribution in [0.15, 0.2) is 48.5 Å². The molecular formula is C21H25ClFN3O3S. The van der Waals surface area contributed by atoms with Crippen LogP contribution >= 0.6 is 11.6 Å². The number of benzene rings is 2. The Morgan fingerprint density at radius 1 is 1.13 bits per heavy atom. The lowest BCUT2D eigenvalue weighted by atomic mass is 10.1. The third-order valence-corrected chi connectivity index (χ3v) is 6.57. The van der Waals surface area contributed by atoms with Gasteiger partial charge in [-0.05, 0) is 36.8 Å². The number of carbonyl (C=O) groups excluding carboxylic acids is 1. The van der Waals surface area contributed by atoms with Crippen molar-refractivity contribution in [1.29, 1.82) is 0 Å². The highest BCUT2D eigenvalue weighted by Gasteiger charge is 2.35. The second-order valence-electron chi connectivity index (χ2n) is 7.23. The summed E-state index contributed by atoms with van der Waals surface area (Å²) in [4.78, 5) is 16.8. The molecule has 0 radical (unpaired) electrons. The first-order valence-electron chi connectivity index (χ1n) is 9.75. The van der Waals surface area contributed by atoms with Crippen molar-refractivity contribution in [1.82, 2.24) is 4.90 Å². The van der Waals surface area contributed by atoms with Crippen LogP contribution in [0.25, 0.3) is 0 Å². The molecule has 0 aromatic heterocycles. The second-order valence-corrected chi connectivity index (χ2v) is 9.52. The predicted octanol–water partition coefficient (Wildman–Crippen LogP) is 3.37. The summed E-state index contributed by atoms with van der Waals surface area (Å²) in [5.41, 5.74) is 0.864. The Kier molecular flexibility index (Phi) is 6.88. The predicted molar refractivity (Wildman–Crippen MR) is 118 cm³/mol. The summed E-state index contributed by atoms with van der Waals surface area (Å²) in [7, 11) is -3.72. The molecule has 1 fully saturated rings. The van der Waals surface area contributed by atoms with E-state index >= 15 is 0 Å². The van der Waals surface area contributed by atoms with Crippen LogP contribution in [0, 0.1) is 5.82 Å². The summed E-state index contributed by atoms with van der Waals surface area (Å²) < 4.78 is 40.3. The van der Waals surface area contributed by atoms with Gasteiger partial charge in [0, 0.05) is 31.2 Å². The van der Waals surface area contributed by atoms with E-state index in [1.807, 2.05) is 4.90 Å². The minimum absolute atomic E-state index is 0.268. The van der Waals surface area contributed by atoms with E-state index in [1.165, 1.54) is 12.1 Å². The van der Waals surface area contributed by atoms with Crippen LogP contribution in [-0.2, 0) is 14.8 Å². The first kappa shape index (κ1) is 22.4. The maximum absolute atomic E-state index is 14.1. The maximum Gasteiger partial charge on any atom is 0.246 e. The molecule has 1 amide bonds. The van der Waals surface area contributed by atoms with Crippen LogP contribution in [0.1, 0.15) is 13.3 Å². The van der Waals surface area contributed by atoms with Crippen molar-refractivity contribution in [3.8, 4) is 0 Å². The lowest BCUT2D eigenvalue weighted by Crippen LogP contribution is -2.56. The molecule has 2 aromatic rings. The summed E-state index contributed by atoms with van der Waals surface area (Å²) in [5, 5.41) is 0.391. The van der Waals surface area contributed by atoms with Gasteiger partial charge in [0.15, 0.2) is 0 Å². The van der Waals surface area contributed by atoms with Gasteiger partial charge in [0.1, 0.15) is 11.9 Å². The van der Waals surface area contributed by atoms with Crippen LogP contribution in [0.5, 0.6) is 0 Å². The van der Waals surface area contributed by atoms with Crippen molar-refractivity contribution in [2.75, 3.05) is 41.6 Å². The third-order valence-electron chi connectivity index (χ3n) is 5.16. The number of halogens is 2. The van der Waals surface area contributed by atoms with Gasteiger partial charge < -0.3 is 9.80 Å². The Morgan fingerprint density at radius 3 is 2.37 bits per heavy atom. The van der Waals surface area contributed by atoms with E-state index in [0.717, 1.165) is 10.6 Å². The first-order chi connectivity index (χ1) is 14.2. The molecule has 1 saturated heterocycles. The van der Waals surface area contributed by atoms with Gasteiger partial charge in [0.05, 0.1) is 17.6 Å². The molecule has 0 N–H and O–H groups in total. The van der Waals surface area contributed by atoms with E-state index in [-0.39, 0.29) is 11.7 Å². The zero-order valence-corrected chi connectivity index (χ0v) is 18.5. The number of nitrogens with zero attached hydrogens (tertiary/aromatic N) is 3. The van der Waals surface area contributed by atoms with Crippen molar-refractivity contribution >= 4 is 38.9 Å².